The summed E-state index contributed by atoms with van der Waals surface area (Å²) in [6.45, 7) is 0.447. The number of benzene rings is 2. The second-order valence-electron chi connectivity index (χ2n) is 6.41. The van der Waals surface area contributed by atoms with Crippen LogP contribution in [0, 0.1) is 11.6 Å². The van der Waals surface area contributed by atoms with Gasteiger partial charge in [-0.3, -0.25) is 4.79 Å². The van der Waals surface area contributed by atoms with Crippen LogP contribution in [0.25, 0.3) is 0 Å². The quantitative estimate of drug-likeness (QED) is 0.742. The van der Waals surface area contributed by atoms with Crippen LogP contribution in [-0.2, 0) is 17.9 Å². The topological polar surface area (TPSA) is 54.5 Å². The molecule has 0 radical (unpaired) electrons. The third-order valence-electron chi connectivity index (χ3n) is 4.40. The van der Waals surface area contributed by atoms with E-state index in [9.17, 15) is 13.6 Å². The van der Waals surface area contributed by atoms with Crippen molar-refractivity contribution in [1.29, 1.82) is 0 Å². The van der Waals surface area contributed by atoms with Crippen LogP contribution in [0.4, 0.5) is 20.3 Å². The smallest absolute Gasteiger partial charge is 0.261 e. The first-order chi connectivity index (χ1) is 13.6. The van der Waals surface area contributed by atoms with Crippen LogP contribution in [0.15, 0.2) is 60.7 Å². The standard InChI is InChI=1S/C21H17F2N3O2/c22-15-7-5-14(6-8-15)11-26-12-18-19(28-13-21(26)27)9-10-20(25-18)24-17-4-2-1-3-16(17)23/h1-10H,11-13H2,(H,24,25). The normalized spacial score (nSPS) is 13.5. The predicted octanol–water partition coefficient (Wildman–Crippen LogP) is 4.02. The Kier molecular flexibility index (Phi) is 4.89. The zero-order valence-electron chi connectivity index (χ0n) is 14.9. The van der Waals surface area contributed by atoms with Crippen molar-refractivity contribution in [3.8, 4) is 5.75 Å². The van der Waals surface area contributed by atoms with Gasteiger partial charge in [0, 0.05) is 6.54 Å². The number of pyridine rings is 1. The van der Waals surface area contributed by atoms with Crippen LogP contribution < -0.4 is 10.1 Å². The van der Waals surface area contributed by atoms with Crippen molar-refractivity contribution in [2.45, 2.75) is 13.1 Å². The molecule has 2 heterocycles. The number of hydrogen-bond donors (Lipinski definition) is 1. The lowest BCUT2D eigenvalue weighted by Gasteiger charge is -2.20. The first kappa shape index (κ1) is 17.9. The minimum atomic E-state index is -0.386. The summed E-state index contributed by atoms with van der Waals surface area (Å²) < 4.78 is 32.5. The maximum atomic E-state index is 13.9. The van der Waals surface area contributed by atoms with E-state index in [1.54, 1.807) is 47.4 Å². The molecule has 7 heteroatoms. The minimum absolute atomic E-state index is 0.101. The van der Waals surface area contributed by atoms with E-state index in [-0.39, 0.29) is 30.7 Å². The second kappa shape index (κ2) is 7.64. The van der Waals surface area contributed by atoms with Gasteiger partial charge in [-0.1, -0.05) is 24.3 Å². The van der Waals surface area contributed by atoms with Gasteiger partial charge in [0.05, 0.1) is 12.2 Å². The molecule has 1 amide bonds. The third-order valence-corrected chi connectivity index (χ3v) is 4.40. The molecule has 142 valence electrons. The van der Waals surface area contributed by atoms with E-state index >= 15 is 0 Å². The molecule has 1 aliphatic heterocycles. The van der Waals surface area contributed by atoms with E-state index in [2.05, 4.69) is 10.3 Å². The molecule has 5 nitrogen and oxygen atoms in total. The molecule has 0 atom stereocenters. The molecular weight excluding hydrogens is 364 g/mol. The highest BCUT2D eigenvalue weighted by Gasteiger charge is 2.23. The fraction of sp³-hybridized carbons (Fsp3) is 0.143. The number of nitrogens with zero attached hydrogens (tertiary/aromatic N) is 2. The Morgan fingerprint density at radius 2 is 1.82 bits per heavy atom. The molecular formula is C21H17F2N3O2. The van der Waals surface area contributed by atoms with Gasteiger partial charge in [-0.25, -0.2) is 13.8 Å². The molecule has 1 N–H and O–H groups in total. The van der Waals surface area contributed by atoms with E-state index in [0.29, 0.717) is 29.5 Å². The van der Waals surface area contributed by atoms with Crippen LogP contribution in [0.5, 0.6) is 5.75 Å². The van der Waals surface area contributed by atoms with Crippen molar-refractivity contribution in [2.75, 3.05) is 11.9 Å². The van der Waals surface area contributed by atoms with E-state index in [1.165, 1.54) is 18.2 Å². The number of nitrogens with one attached hydrogen (secondary N) is 1. The number of aromatic nitrogens is 1. The van der Waals surface area contributed by atoms with E-state index in [4.69, 9.17) is 4.74 Å². The van der Waals surface area contributed by atoms with Crippen molar-refractivity contribution in [2.24, 2.45) is 0 Å². The van der Waals surface area contributed by atoms with Gasteiger partial charge < -0.3 is 15.0 Å². The summed E-state index contributed by atoms with van der Waals surface area (Å²) in [7, 11) is 0. The number of amides is 1. The predicted molar refractivity (Wildman–Crippen MR) is 100 cm³/mol. The van der Waals surface area contributed by atoms with Gasteiger partial charge in [-0.05, 0) is 42.0 Å². The number of carbonyl (C=O) groups excluding carboxylic acids is 1. The summed E-state index contributed by atoms with van der Waals surface area (Å²) in [6, 6.07) is 15.7. The Hall–Kier alpha value is -3.48. The van der Waals surface area contributed by atoms with Crippen molar-refractivity contribution in [1.82, 2.24) is 9.88 Å². The van der Waals surface area contributed by atoms with Gasteiger partial charge in [0.25, 0.3) is 5.91 Å². The van der Waals surface area contributed by atoms with Crippen LogP contribution in [0.1, 0.15) is 11.3 Å². The van der Waals surface area contributed by atoms with Crippen molar-refractivity contribution < 1.29 is 18.3 Å². The van der Waals surface area contributed by atoms with Crippen LogP contribution in [-0.4, -0.2) is 22.4 Å². The summed E-state index contributed by atoms with van der Waals surface area (Å²) >= 11 is 0. The second-order valence-corrected chi connectivity index (χ2v) is 6.41. The molecule has 0 aliphatic carbocycles. The Morgan fingerprint density at radius 3 is 2.61 bits per heavy atom. The fourth-order valence-electron chi connectivity index (χ4n) is 2.96. The summed E-state index contributed by atoms with van der Waals surface area (Å²) in [6.07, 6.45) is 0. The number of para-hydroxylation sites is 1. The lowest BCUT2D eigenvalue weighted by Crippen LogP contribution is -2.32. The van der Waals surface area contributed by atoms with Gasteiger partial charge in [-0.15, -0.1) is 0 Å². The maximum Gasteiger partial charge on any atom is 0.261 e. The van der Waals surface area contributed by atoms with Crippen LogP contribution in [0.2, 0.25) is 0 Å². The van der Waals surface area contributed by atoms with Crippen molar-refractivity contribution in [3.05, 3.63) is 83.6 Å². The Morgan fingerprint density at radius 1 is 1.04 bits per heavy atom. The molecule has 0 saturated heterocycles. The van der Waals surface area contributed by atoms with Crippen LogP contribution >= 0.6 is 0 Å². The lowest BCUT2D eigenvalue weighted by atomic mass is 10.2. The largest absolute Gasteiger partial charge is 0.482 e. The first-order valence-corrected chi connectivity index (χ1v) is 8.75. The molecule has 3 aromatic rings. The number of halogens is 2. The molecule has 0 saturated carbocycles. The number of anilines is 2. The Bertz CT molecular complexity index is 1010. The highest BCUT2D eigenvalue weighted by Crippen LogP contribution is 2.26. The van der Waals surface area contributed by atoms with Gasteiger partial charge in [-0.2, -0.15) is 0 Å². The molecule has 0 unspecified atom stereocenters. The maximum absolute atomic E-state index is 13.9. The van der Waals surface area contributed by atoms with E-state index in [1.807, 2.05) is 0 Å². The molecule has 28 heavy (non-hydrogen) atoms. The molecule has 2 aromatic carbocycles. The SMILES string of the molecule is O=C1COc2ccc(Nc3ccccc3F)nc2CN1Cc1ccc(F)cc1. The summed E-state index contributed by atoms with van der Waals surface area (Å²) in [4.78, 5) is 18.5. The zero-order valence-corrected chi connectivity index (χ0v) is 14.9. The van der Waals surface area contributed by atoms with Crippen molar-refractivity contribution >= 4 is 17.4 Å². The Balaban J connectivity index is 1.56. The molecule has 0 bridgehead atoms. The summed E-state index contributed by atoms with van der Waals surface area (Å²) in [5, 5.41) is 2.94. The van der Waals surface area contributed by atoms with Gasteiger partial charge >= 0.3 is 0 Å². The van der Waals surface area contributed by atoms with Crippen molar-refractivity contribution in [3.63, 3.8) is 0 Å². The first-order valence-electron chi connectivity index (χ1n) is 8.75. The zero-order chi connectivity index (χ0) is 19.5. The molecule has 1 aliphatic rings. The van der Waals surface area contributed by atoms with E-state index in [0.717, 1.165) is 5.56 Å². The summed E-state index contributed by atoms with van der Waals surface area (Å²) in [5.41, 5.74) is 1.68. The molecule has 0 spiro atoms. The van der Waals surface area contributed by atoms with E-state index < -0.39 is 0 Å². The molecule has 0 fully saturated rings. The molecule has 1 aromatic heterocycles. The summed E-state index contributed by atoms with van der Waals surface area (Å²) in [5.74, 6) is 0.0530. The highest BCUT2D eigenvalue weighted by atomic mass is 19.1. The fourth-order valence-corrected chi connectivity index (χ4v) is 2.96. The average Bonchev–Trinajstić information content (AvgIpc) is 2.84. The molecule has 4 rings (SSSR count). The monoisotopic (exact) mass is 381 g/mol. The Labute approximate surface area is 160 Å². The third kappa shape index (κ3) is 3.93. The van der Waals surface area contributed by atoms with Gasteiger partial charge in [0.1, 0.15) is 28.9 Å². The highest BCUT2D eigenvalue weighted by molar-refractivity contribution is 5.78. The lowest BCUT2D eigenvalue weighted by molar-refractivity contribution is -0.133. The average molecular weight is 381 g/mol. The number of ether oxygens (including phenoxy) is 1. The van der Waals surface area contributed by atoms with Crippen LogP contribution in [0.3, 0.4) is 0 Å². The number of hydrogen-bond acceptors (Lipinski definition) is 4. The number of fused-ring (bicyclic) bond motifs is 1. The number of carbonyl (C=O) groups is 1. The number of rotatable bonds is 4. The van der Waals surface area contributed by atoms with Gasteiger partial charge in [0.2, 0.25) is 0 Å². The van der Waals surface area contributed by atoms with Gasteiger partial charge in [0.15, 0.2) is 6.61 Å². The minimum Gasteiger partial charge on any atom is -0.482 e.